The number of pyridine rings is 1. The zero-order chi connectivity index (χ0) is 26.2. The molecule has 37 heavy (non-hydrogen) atoms. The Bertz CT molecular complexity index is 1340. The number of hydrogen-bond donors (Lipinski definition) is 3. The lowest BCUT2D eigenvalue weighted by molar-refractivity contribution is -0.120. The second-order valence-electron chi connectivity index (χ2n) is 10.6. The summed E-state index contributed by atoms with van der Waals surface area (Å²) < 4.78 is 5.44. The number of hydrogen-bond acceptors (Lipinski definition) is 8. The summed E-state index contributed by atoms with van der Waals surface area (Å²) in [6.07, 6.45) is 5.15. The standard InChI is InChI=1S/C25H31N9O3/c1-25(2,3)37-24(36)34-9-5-15(6-10-34)16(12-26)23(35)29-20-14-28-31-21(20)19-11-18-17(13-27-19)22(32-30-18)33-7-4-8-33/h11,13-16H,4-10H2,1-3H3,(H,28,31)(H,29,35)(H,30,32). The van der Waals surface area contributed by atoms with E-state index in [1.54, 1.807) is 11.1 Å². The maximum Gasteiger partial charge on any atom is 0.410 e. The molecule has 0 spiro atoms. The van der Waals surface area contributed by atoms with Crippen molar-refractivity contribution in [3.63, 3.8) is 0 Å². The van der Waals surface area contributed by atoms with Gasteiger partial charge in [-0.05, 0) is 52.0 Å². The van der Waals surface area contributed by atoms with Gasteiger partial charge >= 0.3 is 6.09 Å². The number of piperidine rings is 1. The van der Waals surface area contributed by atoms with Gasteiger partial charge in [-0.25, -0.2) is 4.79 Å². The third kappa shape index (κ3) is 5.07. The van der Waals surface area contributed by atoms with Crippen molar-refractivity contribution >= 4 is 34.4 Å². The largest absolute Gasteiger partial charge is 0.444 e. The summed E-state index contributed by atoms with van der Waals surface area (Å²) in [6.45, 7) is 8.32. The molecule has 2 aliphatic heterocycles. The minimum Gasteiger partial charge on any atom is -0.444 e. The fourth-order valence-electron chi connectivity index (χ4n) is 4.71. The molecule has 2 fully saturated rings. The molecule has 5 rings (SSSR count). The van der Waals surface area contributed by atoms with Gasteiger partial charge in [0.15, 0.2) is 5.82 Å². The molecule has 3 aromatic rings. The molecule has 0 aliphatic carbocycles. The Balaban J connectivity index is 1.25. The van der Waals surface area contributed by atoms with E-state index < -0.39 is 17.4 Å². The molecule has 0 aromatic carbocycles. The minimum atomic E-state index is -0.856. The van der Waals surface area contributed by atoms with Gasteiger partial charge in [0.25, 0.3) is 0 Å². The molecular formula is C25H31N9O3. The predicted molar refractivity (Wildman–Crippen MR) is 137 cm³/mol. The van der Waals surface area contributed by atoms with Crippen LogP contribution in [-0.2, 0) is 9.53 Å². The van der Waals surface area contributed by atoms with Crippen molar-refractivity contribution in [3.05, 3.63) is 18.5 Å². The van der Waals surface area contributed by atoms with Crippen molar-refractivity contribution in [2.45, 2.75) is 45.6 Å². The number of ether oxygens (including phenoxy) is 1. The first-order chi connectivity index (χ1) is 17.7. The van der Waals surface area contributed by atoms with E-state index in [4.69, 9.17) is 4.74 Å². The lowest BCUT2D eigenvalue weighted by Crippen LogP contribution is -2.44. The molecule has 0 radical (unpaired) electrons. The number of nitriles is 1. The number of aromatic nitrogens is 5. The average molecular weight is 506 g/mol. The van der Waals surface area contributed by atoms with E-state index >= 15 is 0 Å². The average Bonchev–Trinajstić information content (AvgIpc) is 3.45. The zero-order valence-electron chi connectivity index (χ0n) is 21.2. The third-order valence-corrected chi connectivity index (χ3v) is 6.82. The van der Waals surface area contributed by atoms with E-state index in [-0.39, 0.29) is 12.0 Å². The molecule has 2 amide bonds. The van der Waals surface area contributed by atoms with Crippen LogP contribution in [0.25, 0.3) is 22.3 Å². The van der Waals surface area contributed by atoms with Gasteiger partial charge in [0, 0.05) is 32.4 Å². The molecule has 3 aromatic heterocycles. The van der Waals surface area contributed by atoms with Crippen molar-refractivity contribution in [2.75, 3.05) is 36.4 Å². The summed E-state index contributed by atoms with van der Waals surface area (Å²) >= 11 is 0. The van der Waals surface area contributed by atoms with Gasteiger partial charge in [-0.2, -0.15) is 15.5 Å². The minimum absolute atomic E-state index is 0.168. The van der Waals surface area contributed by atoms with Crippen molar-refractivity contribution in [1.82, 2.24) is 30.3 Å². The molecule has 0 bridgehead atoms. The van der Waals surface area contributed by atoms with Crippen molar-refractivity contribution in [1.29, 1.82) is 5.26 Å². The van der Waals surface area contributed by atoms with Crippen molar-refractivity contribution < 1.29 is 14.3 Å². The molecule has 1 atom stereocenters. The second kappa shape index (κ2) is 9.72. The van der Waals surface area contributed by atoms with Crippen molar-refractivity contribution in [2.24, 2.45) is 11.8 Å². The highest BCUT2D eigenvalue weighted by Gasteiger charge is 2.34. The van der Waals surface area contributed by atoms with Gasteiger partial charge < -0.3 is 19.9 Å². The third-order valence-electron chi connectivity index (χ3n) is 6.82. The van der Waals surface area contributed by atoms with E-state index in [9.17, 15) is 14.9 Å². The molecule has 2 aliphatic rings. The molecule has 12 nitrogen and oxygen atoms in total. The summed E-state index contributed by atoms with van der Waals surface area (Å²) in [4.78, 5) is 33.9. The fraction of sp³-hybridized carbons (Fsp3) is 0.520. The Morgan fingerprint density at radius 1 is 1.19 bits per heavy atom. The van der Waals surface area contributed by atoms with Gasteiger partial charge in [-0.3, -0.25) is 20.0 Å². The highest BCUT2D eigenvalue weighted by molar-refractivity contribution is 5.98. The maximum absolute atomic E-state index is 13.1. The number of anilines is 2. The Labute approximate surface area is 214 Å². The number of fused-ring (bicyclic) bond motifs is 1. The number of carbonyl (C=O) groups is 2. The van der Waals surface area contributed by atoms with Crippen LogP contribution in [0.2, 0.25) is 0 Å². The smallest absolute Gasteiger partial charge is 0.410 e. The van der Waals surface area contributed by atoms with Crippen LogP contribution in [0.1, 0.15) is 40.0 Å². The first-order valence-electron chi connectivity index (χ1n) is 12.5. The van der Waals surface area contributed by atoms with Crippen LogP contribution >= 0.6 is 0 Å². The van der Waals surface area contributed by atoms with E-state index in [0.29, 0.717) is 43.0 Å². The molecular weight excluding hydrogens is 474 g/mol. The van der Waals surface area contributed by atoms with Gasteiger partial charge in [0.05, 0.1) is 34.6 Å². The number of nitrogens with one attached hydrogen (secondary N) is 3. The monoisotopic (exact) mass is 505 g/mol. The molecule has 12 heteroatoms. The fourth-order valence-corrected chi connectivity index (χ4v) is 4.71. The quantitative estimate of drug-likeness (QED) is 0.477. The number of likely N-dealkylation sites (tertiary alicyclic amines) is 1. The van der Waals surface area contributed by atoms with Gasteiger partial charge in [0.1, 0.15) is 17.2 Å². The number of amides is 2. The number of nitrogens with zero attached hydrogens (tertiary/aromatic N) is 6. The summed E-state index contributed by atoms with van der Waals surface area (Å²) in [5, 5.41) is 28.1. The molecule has 2 saturated heterocycles. The first-order valence-corrected chi connectivity index (χ1v) is 12.5. The number of H-pyrrole nitrogens is 2. The highest BCUT2D eigenvalue weighted by atomic mass is 16.6. The van der Waals surface area contributed by atoms with Gasteiger partial charge in [-0.15, -0.1) is 0 Å². The normalized spacial score (nSPS) is 17.2. The van der Waals surface area contributed by atoms with Crippen molar-refractivity contribution in [3.8, 4) is 17.5 Å². The molecule has 5 heterocycles. The lowest BCUT2D eigenvalue weighted by Gasteiger charge is -2.34. The maximum atomic E-state index is 13.1. The molecule has 0 saturated carbocycles. The molecule has 194 valence electrons. The van der Waals surface area contributed by atoms with Crippen LogP contribution in [0.3, 0.4) is 0 Å². The van der Waals surface area contributed by atoms with Crippen LogP contribution in [0.15, 0.2) is 18.5 Å². The number of rotatable bonds is 5. The Kier molecular flexibility index (Phi) is 6.45. The first kappa shape index (κ1) is 24.5. The summed E-state index contributed by atoms with van der Waals surface area (Å²) in [6, 6.07) is 4.03. The number of carbonyl (C=O) groups excluding carboxylic acids is 2. The van der Waals surface area contributed by atoms with Crippen LogP contribution in [0.4, 0.5) is 16.3 Å². The lowest BCUT2D eigenvalue weighted by atomic mass is 9.84. The van der Waals surface area contributed by atoms with E-state index in [1.165, 1.54) is 6.20 Å². The van der Waals surface area contributed by atoms with Gasteiger partial charge in [-0.1, -0.05) is 0 Å². The van der Waals surface area contributed by atoms with Gasteiger partial charge in [0.2, 0.25) is 5.91 Å². The van der Waals surface area contributed by atoms with Crippen LogP contribution in [0.5, 0.6) is 0 Å². The SMILES string of the molecule is CC(C)(C)OC(=O)N1CCC(C(C#N)C(=O)Nc2cn[nH]c2-c2cc3[nH]nc(N4CCC4)c3cn2)CC1. The molecule has 1 unspecified atom stereocenters. The molecule has 3 N–H and O–H groups in total. The topological polar surface area (TPSA) is 156 Å². The van der Waals surface area contributed by atoms with E-state index in [2.05, 4.69) is 41.7 Å². The van der Waals surface area contributed by atoms with Crippen LogP contribution < -0.4 is 10.2 Å². The van der Waals surface area contributed by atoms with Crippen LogP contribution in [0, 0.1) is 23.2 Å². The summed E-state index contributed by atoms with van der Waals surface area (Å²) in [7, 11) is 0. The van der Waals surface area contributed by atoms with E-state index in [0.717, 1.165) is 36.2 Å². The Morgan fingerprint density at radius 3 is 2.59 bits per heavy atom. The highest BCUT2D eigenvalue weighted by Crippen LogP contribution is 2.32. The number of aromatic amines is 2. The van der Waals surface area contributed by atoms with Crippen LogP contribution in [-0.4, -0.2) is 74.1 Å². The Hall–Kier alpha value is -4.14. The van der Waals surface area contributed by atoms with E-state index in [1.807, 2.05) is 26.8 Å². The summed E-state index contributed by atoms with van der Waals surface area (Å²) in [5.74, 6) is -0.527. The Morgan fingerprint density at radius 2 is 1.95 bits per heavy atom. The second-order valence-corrected chi connectivity index (χ2v) is 10.6. The predicted octanol–water partition coefficient (Wildman–Crippen LogP) is 3.28. The zero-order valence-corrected chi connectivity index (χ0v) is 21.2. The summed E-state index contributed by atoms with van der Waals surface area (Å²) in [5.41, 5.74) is 1.86.